The van der Waals surface area contributed by atoms with Crippen LogP contribution in [0, 0.1) is 4.64 Å². The Morgan fingerprint density at radius 2 is 2.86 bits per heavy atom. The summed E-state index contributed by atoms with van der Waals surface area (Å²) in [6, 6.07) is 1.63. The third-order valence-electron chi connectivity index (χ3n) is 0.544. The van der Waals surface area contributed by atoms with E-state index in [9.17, 15) is 0 Å². The lowest BCUT2D eigenvalue weighted by Gasteiger charge is -1.76. The SMILES string of the molecule is [2H]c1nccc(=S)[nH]1. The van der Waals surface area contributed by atoms with E-state index in [1.165, 1.54) is 6.20 Å². The van der Waals surface area contributed by atoms with E-state index < -0.39 is 0 Å². The van der Waals surface area contributed by atoms with Crippen molar-refractivity contribution in [3.8, 4) is 0 Å². The fourth-order valence-electron chi connectivity index (χ4n) is 0.271. The Balaban J connectivity index is 3.28. The number of aromatic nitrogens is 2. The maximum atomic E-state index is 6.90. The highest BCUT2D eigenvalue weighted by molar-refractivity contribution is 7.71. The summed E-state index contributed by atoms with van der Waals surface area (Å²) in [7, 11) is 0. The molecular formula is C4H4N2S. The first-order chi connectivity index (χ1) is 3.79. The Hall–Kier alpha value is -0.700. The van der Waals surface area contributed by atoms with Crippen molar-refractivity contribution in [3.05, 3.63) is 23.2 Å². The van der Waals surface area contributed by atoms with E-state index in [0.717, 1.165) is 0 Å². The van der Waals surface area contributed by atoms with Gasteiger partial charge < -0.3 is 4.98 Å². The van der Waals surface area contributed by atoms with Crippen molar-refractivity contribution in [2.24, 2.45) is 0 Å². The Kier molecular flexibility index (Phi) is 0.872. The van der Waals surface area contributed by atoms with Gasteiger partial charge in [0.05, 0.1) is 6.30 Å². The average molecular weight is 113 g/mol. The Bertz CT molecular complexity index is 231. The number of nitrogens with one attached hydrogen (secondary N) is 1. The lowest BCUT2D eigenvalue weighted by Crippen LogP contribution is -1.71. The van der Waals surface area contributed by atoms with Crippen LogP contribution in [0.5, 0.6) is 0 Å². The first kappa shape index (κ1) is 3.32. The van der Waals surface area contributed by atoms with Gasteiger partial charge in [0.15, 0.2) is 0 Å². The molecule has 0 bridgehead atoms. The smallest absolute Gasteiger partial charge is 0.105 e. The topological polar surface area (TPSA) is 28.7 Å². The molecule has 0 fully saturated rings. The second-order valence-electron chi connectivity index (χ2n) is 1.05. The van der Waals surface area contributed by atoms with E-state index in [1.807, 2.05) is 0 Å². The van der Waals surface area contributed by atoms with Crippen molar-refractivity contribution in [1.29, 1.82) is 0 Å². The molecule has 0 spiro atoms. The minimum atomic E-state index is 0.109. The van der Waals surface area contributed by atoms with Gasteiger partial charge in [-0.25, -0.2) is 4.98 Å². The number of hydrogen-bond acceptors (Lipinski definition) is 2. The minimum Gasteiger partial charge on any atom is -0.337 e. The van der Waals surface area contributed by atoms with Crippen molar-refractivity contribution in [2.45, 2.75) is 0 Å². The highest BCUT2D eigenvalue weighted by Gasteiger charge is 1.66. The van der Waals surface area contributed by atoms with Crippen molar-refractivity contribution < 1.29 is 1.37 Å². The highest BCUT2D eigenvalue weighted by atomic mass is 32.1. The Morgan fingerprint density at radius 3 is 3.29 bits per heavy atom. The molecule has 0 aliphatic rings. The fourth-order valence-corrected chi connectivity index (χ4v) is 0.378. The van der Waals surface area contributed by atoms with Crippen LogP contribution in [0.15, 0.2) is 18.6 Å². The van der Waals surface area contributed by atoms with Gasteiger partial charge >= 0.3 is 0 Å². The molecule has 0 atom stereocenters. The molecule has 3 heteroatoms. The van der Waals surface area contributed by atoms with Gasteiger partial charge in [-0.15, -0.1) is 0 Å². The van der Waals surface area contributed by atoms with Gasteiger partial charge in [-0.2, -0.15) is 0 Å². The molecule has 0 saturated heterocycles. The molecule has 1 aromatic rings. The summed E-state index contributed by atoms with van der Waals surface area (Å²) in [5, 5.41) is 0. The predicted molar refractivity (Wildman–Crippen MR) is 29.4 cm³/mol. The zero-order valence-electron chi connectivity index (χ0n) is 4.51. The third kappa shape index (κ3) is 1.08. The molecule has 0 aliphatic carbocycles. The minimum absolute atomic E-state index is 0.109. The van der Waals surface area contributed by atoms with Gasteiger partial charge in [-0.1, -0.05) is 12.2 Å². The molecule has 0 amide bonds. The van der Waals surface area contributed by atoms with Crippen LogP contribution in [-0.4, -0.2) is 9.97 Å². The predicted octanol–water partition coefficient (Wildman–Crippen LogP) is 1.14. The molecule has 1 aromatic heterocycles. The van der Waals surface area contributed by atoms with E-state index in [2.05, 4.69) is 22.2 Å². The molecular weight excluding hydrogens is 108 g/mol. The van der Waals surface area contributed by atoms with E-state index >= 15 is 0 Å². The molecule has 7 heavy (non-hydrogen) atoms. The van der Waals surface area contributed by atoms with E-state index in [1.54, 1.807) is 6.07 Å². The number of aromatic amines is 1. The van der Waals surface area contributed by atoms with Gasteiger partial charge in [-0.3, -0.25) is 0 Å². The van der Waals surface area contributed by atoms with Crippen LogP contribution in [0.3, 0.4) is 0 Å². The van der Waals surface area contributed by atoms with Crippen LogP contribution in [0.4, 0.5) is 0 Å². The van der Waals surface area contributed by atoms with Crippen molar-refractivity contribution in [3.63, 3.8) is 0 Å². The second-order valence-corrected chi connectivity index (χ2v) is 1.49. The van der Waals surface area contributed by atoms with Gasteiger partial charge in [-0.05, 0) is 6.07 Å². The molecule has 1 heterocycles. The number of hydrogen-bond donors (Lipinski definition) is 1. The quantitative estimate of drug-likeness (QED) is 0.511. The third-order valence-corrected chi connectivity index (χ3v) is 0.782. The number of H-pyrrole nitrogens is 1. The largest absolute Gasteiger partial charge is 0.337 e. The lowest BCUT2D eigenvalue weighted by atomic mass is 10.7. The van der Waals surface area contributed by atoms with E-state index in [4.69, 9.17) is 1.37 Å². The van der Waals surface area contributed by atoms with Crippen LogP contribution in [0.2, 0.25) is 0 Å². The molecule has 0 unspecified atom stereocenters. The van der Waals surface area contributed by atoms with Crippen LogP contribution >= 0.6 is 12.2 Å². The number of rotatable bonds is 0. The van der Waals surface area contributed by atoms with Crippen molar-refractivity contribution in [2.75, 3.05) is 0 Å². The summed E-state index contributed by atoms with van der Waals surface area (Å²) < 4.78 is 7.45. The first-order valence-electron chi connectivity index (χ1n) is 2.31. The second kappa shape index (κ2) is 1.84. The summed E-state index contributed by atoms with van der Waals surface area (Å²) in [6.45, 7) is 0. The molecule has 1 N–H and O–H groups in total. The molecule has 36 valence electrons. The maximum absolute atomic E-state index is 6.90. The van der Waals surface area contributed by atoms with Crippen LogP contribution in [0.1, 0.15) is 1.37 Å². The van der Waals surface area contributed by atoms with Crippen molar-refractivity contribution >= 4 is 12.2 Å². The summed E-state index contributed by atoms with van der Waals surface area (Å²) in [5.41, 5.74) is 0. The molecule has 0 aliphatic heterocycles. The highest BCUT2D eigenvalue weighted by Crippen LogP contribution is 1.76. The van der Waals surface area contributed by atoms with E-state index in [-0.39, 0.29) is 6.30 Å². The van der Waals surface area contributed by atoms with Crippen LogP contribution < -0.4 is 0 Å². The average Bonchev–Trinajstić information content (AvgIpc) is 1.64. The summed E-state index contributed by atoms with van der Waals surface area (Å²) >= 11 is 4.68. The maximum Gasteiger partial charge on any atom is 0.105 e. The monoisotopic (exact) mass is 113 g/mol. The van der Waals surface area contributed by atoms with Gasteiger partial charge in [0, 0.05) is 6.20 Å². The summed E-state index contributed by atoms with van der Waals surface area (Å²) in [4.78, 5) is 6.12. The fraction of sp³-hybridized carbons (Fsp3) is 0. The number of nitrogens with zero attached hydrogens (tertiary/aromatic N) is 1. The van der Waals surface area contributed by atoms with Crippen LogP contribution in [-0.2, 0) is 0 Å². The molecule has 2 nitrogen and oxygen atoms in total. The Morgan fingerprint density at radius 1 is 2.00 bits per heavy atom. The lowest BCUT2D eigenvalue weighted by molar-refractivity contribution is 1.15. The summed E-state index contributed by atoms with van der Waals surface area (Å²) in [6.07, 6.45) is 1.61. The Labute approximate surface area is 47.6 Å². The zero-order chi connectivity index (χ0) is 5.98. The molecule has 0 aromatic carbocycles. The zero-order valence-corrected chi connectivity index (χ0v) is 4.33. The van der Waals surface area contributed by atoms with Crippen LogP contribution in [0.25, 0.3) is 0 Å². The summed E-state index contributed by atoms with van der Waals surface area (Å²) in [5.74, 6) is 0. The van der Waals surface area contributed by atoms with Gasteiger partial charge in [0.2, 0.25) is 0 Å². The standard InChI is InChI=1S/C4H4N2S/c7-4-1-2-5-3-6-4/h1-3H,(H,5,6,7)/i3D. The van der Waals surface area contributed by atoms with E-state index in [0.29, 0.717) is 4.64 Å². The molecule has 0 radical (unpaired) electrons. The normalized spacial score (nSPS) is 10.6. The molecule has 1 rings (SSSR count). The van der Waals surface area contributed by atoms with Gasteiger partial charge in [0.1, 0.15) is 6.01 Å². The first-order valence-corrected chi connectivity index (χ1v) is 2.22. The van der Waals surface area contributed by atoms with Gasteiger partial charge in [0.25, 0.3) is 0 Å². The van der Waals surface area contributed by atoms with Crippen molar-refractivity contribution in [1.82, 2.24) is 9.97 Å². The molecule has 0 saturated carbocycles.